The lowest BCUT2D eigenvalue weighted by molar-refractivity contribution is -0.121. The van der Waals surface area contributed by atoms with Gasteiger partial charge in [-0.2, -0.15) is 0 Å². The topological polar surface area (TPSA) is 239 Å². The fourth-order valence-electron chi connectivity index (χ4n) is 4.69. The van der Waals surface area contributed by atoms with Gasteiger partial charge >= 0.3 is 0 Å². The number of thiophene rings is 1. The Labute approximate surface area is 276 Å². The Bertz CT molecular complexity index is 2140. The number of hydrogen-bond donors (Lipinski definition) is 5. The zero-order valence-corrected chi connectivity index (χ0v) is 26.2. The van der Waals surface area contributed by atoms with Crippen molar-refractivity contribution in [2.45, 2.75) is 32.4 Å². The number of anilines is 4. The van der Waals surface area contributed by atoms with Crippen LogP contribution < -0.4 is 27.4 Å². The van der Waals surface area contributed by atoms with E-state index in [9.17, 15) is 14.4 Å². The molecule has 1 aromatic carbocycles. The van der Waals surface area contributed by atoms with Gasteiger partial charge in [-0.25, -0.2) is 29.9 Å². The van der Waals surface area contributed by atoms with E-state index in [0.717, 1.165) is 4.88 Å². The molecule has 17 nitrogen and oxygen atoms in total. The Morgan fingerprint density at radius 3 is 2.10 bits per heavy atom. The number of carbonyl (C=O) groups excluding carboxylic acids is 3. The summed E-state index contributed by atoms with van der Waals surface area (Å²) in [6.45, 7) is 0.934. The zero-order valence-electron chi connectivity index (χ0n) is 25.4. The minimum Gasteiger partial charge on any atom is -0.382 e. The molecule has 0 unspecified atom stereocenters. The van der Waals surface area contributed by atoms with Crippen LogP contribution in [-0.4, -0.2) is 69.5 Å². The number of fused-ring (bicyclic) bond motifs is 2. The molecule has 0 bridgehead atoms. The highest BCUT2D eigenvalue weighted by Crippen LogP contribution is 2.23. The Morgan fingerprint density at radius 2 is 1.42 bits per heavy atom. The lowest BCUT2D eigenvalue weighted by Crippen LogP contribution is -2.28. The molecule has 0 aliphatic heterocycles. The molecule has 0 fully saturated rings. The van der Waals surface area contributed by atoms with Gasteiger partial charge in [0.15, 0.2) is 22.9 Å². The fraction of sp³-hybridized carbons (Fsp3) is 0.200. The van der Waals surface area contributed by atoms with Gasteiger partial charge in [-0.1, -0.05) is 6.07 Å². The predicted molar refractivity (Wildman–Crippen MR) is 182 cm³/mol. The third-order valence-electron chi connectivity index (χ3n) is 7.05. The van der Waals surface area contributed by atoms with Crippen LogP contribution in [-0.2, 0) is 27.5 Å². The maximum Gasteiger partial charge on any atom is 0.226 e. The van der Waals surface area contributed by atoms with Crippen molar-refractivity contribution in [2.75, 3.05) is 28.6 Å². The second-order valence-electron chi connectivity index (χ2n) is 10.4. The number of nitrogens with two attached hydrogens (primary N) is 2. The van der Waals surface area contributed by atoms with Crippen LogP contribution in [0.1, 0.15) is 24.1 Å². The molecule has 0 spiro atoms. The molecule has 7 N–H and O–H groups in total. The minimum absolute atomic E-state index is 0.116. The number of nitrogens with one attached hydrogen (secondary N) is 3. The molecule has 48 heavy (non-hydrogen) atoms. The average Bonchev–Trinajstić information content (AvgIpc) is 3.82. The number of aryl methyl sites for hydroxylation is 2. The molecule has 6 rings (SSSR count). The number of amides is 3. The van der Waals surface area contributed by atoms with Gasteiger partial charge in [0.2, 0.25) is 17.7 Å². The lowest BCUT2D eigenvalue weighted by Gasteiger charge is -2.07. The average molecular weight is 667 g/mol. The van der Waals surface area contributed by atoms with Crippen molar-refractivity contribution in [1.29, 1.82) is 0 Å². The van der Waals surface area contributed by atoms with Crippen molar-refractivity contribution in [3.05, 3.63) is 66.6 Å². The highest BCUT2D eigenvalue weighted by atomic mass is 32.1. The molecule has 0 aliphatic carbocycles. The summed E-state index contributed by atoms with van der Waals surface area (Å²) in [6, 6.07) is 10.8. The Morgan fingerprint density at radius 1 is 0.771 bits per heavy atom. The second-order valence-corrected chi connectivity index (χ2v) is 11.6. The number of hydrogen-bond acceptors (Lipinski definition) is 13. The molecule has 0 aliphatic rings. The number of carbonyl (C=O) groups is 3. The van der Waals surface area contributed by atoms with Gasteiger partial charge < -0.3 is 36.6 Å². The summed E-state index contributed by atoms with van der Waals surface area (Å²) in [5.74, 6) is -0.0316. The van der Waals surface area contributed by atoms with E-state index in [4.69, 9.17) is 11.5 Å². The highest BCUT2D eigenvalue weighted by molar-refractivity contribution is 7.17. The molecule has 0 saturated carbocycles. The fourth-order valence-corrected chi connectivity index (χ4v) is 5.48. The SMILES string of the molecule is Nc1ncnc2c1ncn2CCC(=O)NCCC(=O)Nc1ccc(C=Nc2cccc(NC(=O)CCn3cnc4c(N)ncnc43)c2)s1. The first kappa shape index (κ1) is 31.7. The first-order valence-electron chi connectivity index (χ1n) is 14.8. The van der Waals surface area contributed by atoms with E-state index < -0.39 is 0 Å². The summed E-state index contributed by atoms with van der Waals surface area (Å²) in [5, 5.41) is 9.14. The van der Waals surface area contributed by atoms with Crippen molar-refractivity contribution in [2.24, 2.45) is 4.99 Å². The number of aromatic nitrogens is 8. The molecule has 244 valence electrons. The Hall–Kier alpha value is -6.30. The summed E-state index contributed by atoms with van der Waals surface area (Å²) in [7, 11) is 0. The van der Waals surface area contributed by atoms with Gasteiger partial charge in [0.25, 0.3) is 0 Å². The largest absolute Gasteiger partial charge is 0.382 e. The van der Waals surface area contributed by atoms with Crippen LogP contribution in [0.2, 0.25) is 0 Å². The molecule has 3 amide bonds. The first-order valence-corrected chi connectivity index (χ1v) is 15.6. The molecule has 5 aromatic heterocycles. The number of rotatable bonds is 13. The van der Waals surface area contributed by atoms with Crippen molar-refractivity contribution in [3.63, 3.8) is 0 Å². The zero-order chi connectivity index (χ0) is 33.5. The summed E-state index contributed by atoms with van der Waals surface area (Å²) in [6.07, 6.45) is 8.06. The number of aliphatic imine (C=N–C) groups is 1. The Balaban J connectivity index is 0.920. The van der Waals surface area contributed by atoms with Gasteiger partial charge in [0, 0.05) is 55.7 Å². The molecule has 0 saturated heterocycles. The third-order valence-corrected chi connectivity index (χ3v) is 7.99. The van der Waals surface area contributed by atoms with E-state index in [2.05, 4.69) is 50.8 Å². The van der Waals surface area contributed by atoms with Gasteiger partial charge in [-0.3, -0.25) is 19.4 Å². The van der Waals surface area contributed by atoms with Crippen LogP contribution in [0, 0.1) is 0 Å². The number of nitrogen functional groups attached to an aromatic ring is 2. The van der Waals surface area contributed by atoms with Gasteiger partial charge in [-0.15, -0.1) is 11.3 Å². The number of nitrogens with zero attached hydrogens (tertiary/aromatic N) is 9. The highest BCUT2D eigenvalue weighted by Gasteiger charge is 2.12. The first-order chi connectivity index (χ1) is 23.3. The second kappa shape index (κ2) is 14.4. The number of imidazole rings is 2. The van der Waals surface area contributed by atoms with Crippen molar-refractivity contribution < 1.29 is 14.4 Å². The van der Waals surface area contributed by atoms with Crippen molar-refractivity contribution >= 4 is 85.6 Å². The van der Waals surface area contributed by atoms with Gasteiger partial charge in [0.1, 0.15) is 23.7 Å². The van der Waals surface area contributed by atoms with Crippen LogP contribution >= 0.6 is 11.3 Å². The maximum atomic E-state index is 12.6. The maximum absolute atomic E-state index is 12.6. The van der Waals surface area contributed by atoms with Gasteiger partial charge in [0.05, 0.1) is 23.3 Å². The van der Waals surface area contributed by atoms with E-state index >= 15 is 0 Å². The van der Waals surface area contributed by atoms with E-state index in [0.29, 0.717) is 57.6 Å². The smallest absolute Gasteiger partial charge is 0.226 e. The molecular formula is C30H30N14O3S. The normalized spacial score (nSPS) is 11.3. The monoisotopic (exact) mass is 666 g/mol. The quantitative estimate of drug-likeness (QED) is 0.112. The van der Waals surface area contributed by atoms with Crippen LogP contribution in [0.3, 0.4) is 0 Å². The van der Waals surface area contributed by atoms with E-state index in [1.165, 1.54) is 24.0 Å². The van der Waals surface area contributed by atoms with Gasteiger partial charge in [-0.05, 0) is 30.3 Å². The standard InChI is InChI=1S/C30H30N14O3S/c31-27-25-29(37-14-35-27)43(16-39-25)10-7-21(45)33-9-6-22(46)42-24-5-4-20(48-24)13-34-18-2-1-3-19(12-18)41-23(47)8-11-44-17-40-26-28(32)36-15-38-30(26)44/h1-5,12-17H,6-11H2,(H,33,45)(H,41,47)(H,42,46)(H2,31,35,37)(H2,32,36,38). The van der Waals surface area contributed by atoms with E-state index in [-0.39, 0.29) is 49.3 Å². The summed E-state index contributed by atoms with van der Waals surface area (Å²) >= 11 is 1.36. The summed E-state index contributed by atoms with van der Waals surface area (Å²) < 4.78 is 3.48. The molecular weight excluding hydrogens is 636 g/mol. The van der Waals surface area contributed by atoms with E-state index in [1.54, 1.807) is 52.3 Å². The summed E-state index contributed by atoms with van der Waals surface area (Å²) in [5.41, 5.74) is 15.0. The van der Waals surface area contributed by atoms with E-state index in [1.807, 2.05) is 12.1 Å². The molecule has 18 heteroatoms. The minimum atomic E-state index is -0.226. The van der Waals surface area contributed by atoms with Crippen LogP contribution in [0.15, 0.2) is 66.7 Å². The summed E-state index contributed by atoms with van der Waals surface area (Å²) in [4.78, 5) is 67.3. The molecule has 0 atom stereocenters. The molecule has 0 radical (unpaired) electrons. The van der Waals surface area contributed by atoms with Crippen molar-refractivity contribution in [1.82, 2.24) is 44.4 Å². The molecule has 5 heterocycles. The van der Waals surface area contributed by atoms with Crippen LogP contribution in [0.4, 0.5) is 28.0 Å². The molecule has 6 aromatic rings. The third kappa shape index (κ3) is 7.73. The van der Waals surface area contributed by atoms with Crippen molar-refractivity contribution in [3.8, 4) is 0 Å². The Kier molecular flexibility index (Phi) is 9.51. The van der Waals surface area contributed by atoms with Crippen LogP contribution in [0.5, 0.6) is 0 Å². The number of benzene rings is 1. The van der Waals surface area contributed by atoms with Crippen LogP contribution in [0.25, 0.3) is 22.3 Å². The lowest BCUT2D eigenvalue weighted by atomic mass is 10.2. The predicted octanol–water partition coefficient (Wildman–Crippen LogP) is 2.51.